The fourth-order valence-corrected chi connectivity index (χ4v) is 15.5. The molecule has 14 amide bonds. The zero-order valence-corrected chi connectivity index (χ0v) is 65.6. The minimum atomic E-state index is -1.91. The predicted octanol–water partition coefficient (Wildman–Crippen LogP) is -3.46. The van der Waals surface area contributed by atoms with Gasteiger partial charge in [-0.3, -0.25) is 76.9 Å². The van der Waals surface area contributed by atoms with Crippen LogP contribution in [0.5, 0.6) is 0 Å². The third kappa shape index (κ3) is 26.1. The molecule has 38 heteroatoms. The maximum Gasteiger partial charge on any atom is 0.305 e. The molecule has 21 N–H and O–H groups in total. The highest BCUT2D eigenvalue weighted by Gasteiger charge is 2.49. The number of nitrogens with two attached hydrogens (primary N) is 4. The first-order chi connectivity index (χ1) is 50.0. The molecule has 4 aliphatic heterocycles. The van der Waals surface area contributed by atoms with Crippen LogP contribution in [0, 0.1) is 28.6 Å². The molecule has 0 spiro atoms. The highest BCUT2D eigenvalue weighted by molar-refractivity contribution is 8.77. The van der Waals surface area contributed by atoms with E-state index in [1.807, 2.05) is 0 Å². The van der Waals surface area contributed by atoms with Crippen molar-refractivity contribution >= 4 is 116 Å². The molecule has 0 aromatic carbocycles. The van der Waals surface area contributed by atoms with E-state index >= 15 is 14.4 Å². The van der Waals surface area contributed by atoms with E-state index in [1.54, 1.807) is 76.2 Å². The second kappa shape index (κ2) is 41.5. The van der Waals surface area contributed by atoms with Gasteiger partial charge in [-0.25, -0.2) is 0 Å². The van der Waals surface area contributed by atoms with Gasteiger partial charge < -0.3 is 106 Å². The molecule has 0 aliphatic carbocycles. The summed E-state index contributed by atoms with van der Waals surface area (Å²) in [7, 11) is 1.77. The van der Waals surface area contributed by atoms with Crippen molar-refractivity contribution < 1.29 is 87.2 Å². The molecule has 4 saturated heterocycles. The Kier molecular flexibility index (Phi) is 35.4. The smallest absolute Gasteiger partial charge is 0.305 e. The van der Waals surface area contributed by atoms with Crippen molar-refractivity contribution in [1.82, 2.24) is 67.9 Å². The van der Waals surface area contributed by atoms with Gasteiger partial charge in [0.1, 0.15) is 78.5 Å². The number of rotatable bonds is 26. The number of nitrogens with one attached hydrogen (secondary N) is 10. The van der Waals surface area contributed by atoms with Gasteiger partial charge in [0.15, 0.2) is 5.96 Å². The van der Waals surface area contributed by atoms with Crippen molar-refractivity contribution in [2.75, 3.05) is 51.7 Å². The molecule has 107 heavy (non-hydrogen) atoms. The summed E-state index contributed by atoms with van der Waals surface area (Å²) in [6.45, 7) is 19.6. The van der Waals surface area contributed by atoms with Crippen molar-refractivity contribution in [1.29, 1.82) is 0 Å². The molecular weight excluding hydrogens is 1430 g/mol. The number of hydrogen-bond donors (Lipinski definition) is 17. The van der Waals surface area contributed by atoms with E-state index in [0.717, 1.165) is 21.6 Å². The molecule has 0 unspecified atom stereocenters. The summed E-state index contributed by atoms with van der Waals surface area (Å²) in [4.78, 5) is 223. The number of carbonyl (C=O) groups excluding carboxylic acids is 14. The van der Waals surface area contributed by atoms with E-state index in [0.29, 0.717) is 19.3 Å². The Morgan fingerprint density at radius 3 is 1.73 bits per heavy atom. The van der Waals surface area contributed by atoms with Gasteiger partial charge in [0, 0.05) is 43.2 Å². The van der Waals surface area contributed by atoms with Gasteiger partial charge in [0.25, 0.3) is 0 Å². The lowest BCUT2D eigenvalue weighted by Crippen LogP contribution is -2.64. The number of aliphatic hydroxyl groups is 2. The molecule has 36 nitrogen and oxygen atoms in total. The van der Waals surface area contributed by atoms with Crippen LogP contribution in [0.4, 0.5) is 0 Å². The predicted molar refractivity (Wildman–Crippen MR) is 398 cm³/mol. The van der Waals surface area contributed by atoms with Crippen molar-refractivity contribution in [2.24, 2.45) is 56.5 Å². The van der Waals surface area contributed by atoms with Gasteiger partial charge >= 0.3 is 5.97 Å². The number of aliphatic hydroxyl groups excluding tert-OH is 2. The molecule has 4 rings (SSSR count). The first kappa shape index (κ1) is 91.3. The lowest BCUT2D eigenvalue weighted by atomic mass is 9.87. The summed E-state index contributed by atoms with van der Waals surface area (Å²) < 4.78 is -1.58. The van der Waals surface area contributed by atoms with Gasteiger partial charge in [-0.15, -0.1) is 0 Å². The molecule has 0 aromatic rings. The van der Waals surface area contributed by atoms with E-state index in [1.165, 1.54) is 28.5 Å². The molecule has 4 aliphatic rings. The summed E-state index contributed by atoms with van der Waals surface area (Å²) in [5.74, 6) is -16.7. The number of likely N-dealkylation sites (tertiary alicyclic amines) is 1. The molecule has 0 saturated carbocycles. The molecule has 604 valence electrons. The minimum absolute atomic E-state index is 0.000907. The highest BCUT2D eigenvalue weighted by Crippen LogP contribution is 2.39. The standard InChI is InChI=1S/C69H118N18O18S2/c1-14-35(4)48-60(100)84-51(61(101)82-50(37(6)16-3)64(104)86-27-19-22-44(86)57(97)76-39(52(71)92)29-47(90)91)69(12,13)107-106-33-43(80-59(99)49(36(5)15-2)83-65(105)68(10,11)34-70)56(96)79-41(31-88)54(94)75-38(21-17-25-74-66(72)73)53(93)78-42(32-89)55(95)77-40(30-67(7,8)9)62(102)87-28-20-24-46(87)63(103)85-26-18-23-45(85)58(98)81-48/h35-46,48-51,88-89H,14-34,70H2,1-13H3,(H2,71,92)(H,75,94)(H,76,97)(H,77,95)(H,78,93)(H,79,96)(H,80,99)(H,81,98)(H,82,101)(H,83,105)(H,84,100)(H,90,91)(H4,72,73,74)/t35-,36-,37-,38-,39-,40-,41-,42-,43-,44-,45-,46-,48-,49-,50-,51+/m0/s1. The number of guanidine groups is 1. The van der Waals surface area contributed by atoms with E-state index < -0.39 is 226 Å². The first-order valence-corrected chi connectivity index (χ1v) is 39.1. The number of carboxylic acids is 1. The normalized spacial score (nSPS) is 26.0. The Morgan fingerprint density at radius 2 is 1.19 bits per heavy atom. The Bertz CT molecular complexity index is 3230. The lowest BCUT2D eigenvalue weighted by Gasteiger charge is -2.37. The van der Waals surface area contributed by atoms with Gasteiger partial charge in [-0.1, -0.05) is 103 Å². The second-order valence-corrected chi connectivity index (χ2v) is 33.6. The quantitative estimate of drug-likeness (QED) is 0.0173. The zero-order chi connectivity index (χ0) is 80.7. The number of nitrogens with zero attached hydrogens (tertiary/aromatic N) is 4. The average Bonchev–Trinajstić information content (AvgIpc) is 1.73. The lowest BCUT2D eigenvalue weighted by molar-refractivity contribution is -0.148. The summed E-state index contributed by atoms with van der Waals surface area (Å²) in [5.41, 5.74) is 20.7. The van der Waals surface area contributed by atoms with E-state index in [9.17, 15) is 72.9 Å². The number of amides is 14. The Labute approximate surface area is 633 Å². The third-order valence-electron chi connectivity index (χ3n) is 20.0. The van der Waals surface area contributed by atoms with Crippen LogP contribution in [-0.2, 0) is 71.9 Å². The fourth-order valence-electron chi connectivity index (χ4n) is 12.7. The molecule has 0 radical (unpaired) electrons. The van der Waals surface area contributed by atoms with Crippen LogP contribution in [-0.4, -0.2) is 260 Å². The topological polar surface area (TPSA) is 563 Å². The number of carbonyl (C=O) groups is 15. The van der Waals surface area contributed by atoms with Crippen molar-refractivity contribution in [3.05, 3.63) is 0 Å². The number of hydrogen-bond acceptors (Lipinski definition) is 21. The van der Waals surface area contributed by atoms with Crippen molar-refractivity contribution in [3.8, 4) is 0 Å². The number of fused-ring (bicyclic) bond motifs is 2. The molecule has 0 bridgehead atoms. The Balaban J connectivity index is 1.98. The van der Waals surface area contributed by atoms with Crippen molar-refractivity contribution in [2.45, 2.75) is 257 Å². The van der Waals surface area contributed by atoms with Gasteiger partial charge in [-0.2, -0.15) is 0 Å². The van der Waals surface area contributed by atoms with Gasteiger partial charge in [0.2, 0.25) is 82.7 Å². The second-order valence-electron chi connectivity index (χ2n) is 30.6. The number of aliphatic carboxylic acids is 1. The highest BCUT2D eigenvalue weighted by atomic mass is 33.1. The van der Waals surface area contributed by atoms with Crippen LogP contribution < -0.4 is 76.1 Å². The largest absolute Gasteiger partial charge is 0.481 e. The van der Waals surface area contributed by atoms with Crippen LogP contribution >= 0.6 is 21.6 Å². The van der Waals surface area contributed by atoms with Crippen molar-refractivity contribution in [3.63, 3.8) is 0 Å². The Morgan fingerprint density at radius 1 is 0.645 bits per heavy atom. The fraction of sp³-hybridized carbons (Fsp3) is 0.768. The van der Waals surface area contributed by atoms with Crippen LogP contribution in [0.15, 0.2) is 4.99 Å². The van der Waals surface area contributed by atoms with Crippen LogP contribution in [0.2, 0.25) is 0 Å². The molecular formula is C69H118N18O18S2. The van der Waals surface area contributed by atoms with E-state index in [-0.39, 0.29) is 96.5 Å². The molecule has 16 atom stereocenters. The summed E-state index contributed by atoms with van der Waals surface area (Å²) in [5, 5.41) is 57.4. The van der Waals surface area contributed by atoms with E-state index in [2.05, 4.69) is 58.2 Å². The van der Waals surface area contributed by atoms with Crippen LogP contribution in [0.1, 0.15) is 173 Å². The molecule has 4 fully saturated rings. The molecule has 4 heterocycles. The number of carboxylic acid groups (broad SMARTS) is 1. The first-order valence-electron chi connectivity index (χ1n) is 36.8. The number of primary amides is 1. The maximum atomic E-state index is 15.6. The molecule has 0 aromatic heterocycles. The minimum Gasteiger partial charge on any atom is -0.481 e. The SMILES string of the molecule is CC[C@H](C)[C@@H]1NC(=O)[C@@H]2CCCN2C(=O)[C@@H]2CCCN2C(=O)[C@H](CC(C)(C)C)NC(=O)[C@H](CO)NC(=O)[C@H](CCCN=C(N)N)NC(=O)[C@H](CO)NC(=O)[C@@H](NC(=O)[C@@H](NC(=O)C(C)(C)CN)[C@@H](C)CC)CSSC(C)(C)[C@@H](C(=O)N[C@H](C(=O)N2CCC[C@H]2C(=O)N[C@@H](CC(=O)O)C(N)=O)[C@@H](C)CC)NC1=O. The number of aliphatic imine (C=N–C) groups is 1. The maximum absolute atomic E-state index is 15.6. The summed E-state index contributed by atoms with van der Waals surface area (Å²) in [6.07, 6.45) is 1.04. The van der Waals surface area contributed by atoms with Gasteiger partial charge in [-0.05, 0) is 109 Å². The zero-order valence-electron chi connectivity index (χ0n) is 64.0. The average molecular weight is 1550 g/mol. The summed E-state index contributed by atoms with van der Waals surface area (Å²) in [6, 6.07) is -19.5. The van der Waals surface area contributed by atoms with E-state index in [4.69, 9.17) is 22.9 Å². The summed E-state index contributed by atoms with van der Waals surface area (Å²) >= 11 is 0. The Hall–Kier alpha value is -8.10. The van der Waals surface area contributed by atoms with Crippen LogP contribution in [0.3, 0.4) is 0 Å². The monoisotopic (exact) mass is 1550 g/mol. The third-order valence-corrected chi connectivity index (χ3v) is 23.3. The van der Waals surface area contributed by atoms with Crippen LogP contribution in [0.25, 0.3) is 0 Å². The van der Waals surface area contributed by atoms with Gasteiger partial charge in [0.05, 0.1) is 25.0 Å².